The largest absolute Gasteiger partial charge is 0.388 e. The van der Waals surface area contributed by atoms with Crippen LogP contribution in [0.15, 0.2) is 48.5 Å². The summed E-state index contributed by atoms with van der Waals surface area (Å²) in [6.45, 7) is 3.75. The van der Waals surface area contributed by atoms with Gasteiger partial charge in [-0.3, -0.25) is 0 Å². The number of aliphatic hydroxyl groups excluding tert-OH is 1. The summed E-state index contributed by atoms with van der Waals surface area (Å²) < 4.78 is 0. The van der Waals surface area contributed by atoms with Crippen molar-refractivity contribution in [2.45, 2.75) is 19.4 Å². The van der Waals surface area contributed by atoms with Crippen LogP contribution in [0.5, 0.6) is 0 Å². The number of halogens is 2. The van der Waals surface area contributed by atoms with Gasteiger partial charge in [-0.15, -0.1) is 0 Å². The number of benzene rings is 2. The molecule has 1 N–H and O–H groups in total. The third-order valence-electron chi connectivity index (χ3n) is 3.52. The predicted octanol–water partition coefficient (Wildman–Crippen LogP) is 4.94. The molecule has 0 amide bonds. The van der Waals surface area contributed by atoms with Crippen molar-refractivity contribution in [1.29, 1.82) is 0 Å². The standard InChI is InChI=1S/C17H19Cl2NO/c1-2-20(13-7-4-3-5-8-13)12-11-16(21)14-9-6-10-15(18)17(14)19/h3-10,16,21H,2,11-12H2,1H3. The van der Waals surface area contributed by atoms with Gasteiger partial charge in [0.25, 0.3) is 0 Å². The van der Waals surface area contributed by atoms with E-state index >= 15 is 0 Å². The SMILES string of the molecule is CCN(CCC(O)c1cccc(Cl)c1Cl)c1ccccc1. The normalized spacial score (nSPS) is 12.2. The summed E-state index contributed by atoms with van der Waals surface area (Å²) >= 11 is 12.1. The molecule has 2 aromatic rings. The summed E-state index contributed by atoms with van der Waals surface area (Å²) in [5.41, 5.74) is 1.85. The highest BCUT2D eigenvalue weighted by Gasteiger charge is 2.15. The van der Waals surface area contributed by atoms with Gasteiger partial charge >= 0.3 is 0 Å². The maximum Gasteiger partial charge on any atom is 0.0821 e. The van der Waals surface area contributed by atoms with Crippen LogP contribution in [0.4, 0.5) is 5.69 Å². The second-order valence-corrected chi connectivity index (χ2v) is 5.65. The first-order valence-corrected chi connectivity index (χ1v) is 7.81. The maximum atomic E-state index is 10.3. The molecule has 0 aliphatic rings. The van der Waals surface area contributed by atoms with Gasteiger partial charge in [-0.25, -0.2) is 0 Å². The average molecular weight is 324 g/mol. The molecule has 0 fully saturated rings. The lowest BCUT2D eigenvalue weighted by molar-refractivity contribution is 0.169. The van der Waals surface area contributed by atoms with Crippen molar-refractivity contribution in [2.75, 3.05) is 18.0 Å². The molecule has 1 unspecified atom stereocenters. The van der Waals surface area contributed by atoms with Crippen molar-refractivity contribution in [3.8, 4) is 0 Å². The van der Waals surface area contributed by atoms with E-state index in [0.717, 1.165) is 18.8 Å². The Bertz CT molecular complexity index is 574. The Kier molecular flexibility index (Phi) is 5.92. The summed E-state index contributed by atoms with van der Waals surface area (Å²) in [4.78, 5) is 2.22. The van der Waals surface area contributed by atoms with E-state index in [2.05, 4.69) is 24.0 Å². The first kappa shape index (κ1) is 16.2. The third kappa shape index (κ3) is 4.13. The molecule has 0 aliphatic carbocycles. The fourth-order valence-corrected chi connectivity index (χ4v) is 2.75. The molecule has 0 heterocycles. The Balaban J connectivity index is 2.03. The van der Waals surface area contributed by atoms with E-state index in [4.69, 9.17) is 23.2 Å². The number of para-hydroxylation sites is 1. The molecule has 0 saturated carbocycles. The van der Waals surface area contributed by atoms with Crippen LogP contribution in [0.2, 0.25) is 10.0 Å². The van der Waals surface area contributed by atoms with Crippen LogP contribution in [-0.2, 0) is 0 Å². The van der Waals surface area contributed by atoms with E-state index < -0.39 is 6.10 Å². The topological polar surface area (TPSA) is 23.5 Å². The molecule has 112 valence electrons. The smallest absolute Gasteiger partial charge is 0.0821 e. The molecular formula is C17H19Cl2NO. The van der Waals surface area contributed by atoms with Gasteiger partial charge in [0.2, 0.25) is 0 Å². The van der Waals surface area contributed by atoms with Crippen molar-refractivity contribution >= 4 is 28.9 Å². The van der Waals surface area contributed by atoms with Crippen molar-refractivity contribution < 1.29 is 5.11 Å². The van der Waals surface area contributed by atoms with Crippen LogP contribution in [0.1, 0.15) is 25.0 Å². The number of anilines is 1. The van der Waals surface area contributed by atoms with E-state index in [1.165, 1.54) is 0 Å². The first-order valence-electron chi connectivity index (χ1n) is 7.05. The van der Waals surface area contributed by atoms with Crippen LogP contribution in [0, 0.1) is 0 Å². The number of hydrogen-bond acceptors (Lipinski definition) is 2. The predicted molar refractivity (Wildman–Crippen MR) is 90.4 cm³/mol. The third-order valence-corrected chi connectivity index (χ3v) is 4.35. The quantitative estimate of drug-likeness (QED) is 0.813. The maximum absolute atomic E-state index is 10.3. The highest BCUT2D eigenvalue weighted by molar-refractivity contribution is 6.42. The summed E-state index contributed by atoms with van der Waals surface area (Å²) in [7, 11) is 0. The van der Waals surface area contributed by atoms with Crippen LogP contribution < -0.4 is 4.90 Å². The van der Waals surface area contributed by atoms with Gasteiger partial charge in [-0.05, 0) is 31.5 Å². The fraction of sp³-hybridized carbons (Fsp3) is 0.294. The van der Waals surface area contributed by atoms with Crippen molar-refractivity contribution in [3.63, 3.8) is 0 Å². The lowest BCUT2D eigenvalue weighted by atomic mass is 10.1. The minimum absolute atomic E-state index is 0.439. The number of hydrogen-bond donors (Lipinski definition) is 1. The molecule has 2 rings (SSSR count). The average Bonchev–Trinajstić information content (AvgIpc) is 2.51. The van der Waals surface area contributed by atoms with Gasteiger partial charge in [0.1, 0.15) is 0 Å². The van der Waals surface area contributed by atoms with Crippen molar-refractivity contribution in [1.82, 2.24) is 0 Å². The van der Waals surface area contributed by atoms with Crippen molar-refractivity contribution in [2.24, 2.45) is 0 Å². The van der Waals surface area contributed by atoms with Crippen LogP contribution >= 0.6 is 23.2 Å². The minimum Gasteiger partial charge on any atom is -0.388 e. The Labute approximate surface area is 135 Å². The molecule has 0 aliphatic heterocycles. The molecule has 0 bridgehead atoms. The Morgan fingerprint density at radius 2 is 1.76 bits per heavy atom. The molecule has 0 aromatic heterocycles. The van der Waals surface area contributed by atoms with Gasteiger partial charge in [0.05, 0.1) is 16.1 Å². The Morgan fingerprint density at radius 1 is 1.05 bits per heavy atom. The molecule has 4 heteroatoms. The van der Waals surface area contributed by atoms with E-state index in [-0.39, 0.29) is 0 Å². The zero-order valence-electron chi connectivity index (χ0n) is 12.0. The Hall–Kier alpha value is -1.22. The Morgan fingerprint density at radius 3 is 2.43 bits per heavy atom. The minimum atomic E-state index is -0.617. The van der Waals surface area contributed by atoms with Crippen LogP contribution in [0.25, 0.3) is 0 Å². The second kappa shape index (κ2) is 7.69. The molecule has 2 aromatic carbocycles. The lowest BCUT2D eigenvalue weighted by Crippen LogP contribution is -2.25. The van der Waals surface area contributed by atoms with E-state index in [1.807, 2.05) is 30.3 Å². The fourth-order valence-electron chi connectivity index (χ4n) is 2.32. The number of rotatable bonds is 6. The molecule has 21 heavy (non-hydrogen) atoms. The molecular weight excluding hydrogens is 305 g/mol. The monoisotopic (exact) mass is 323 g/mol. The van der Waals surface area contributed by atoms with E-state index in [1.54, 1.807) is 6.07 Å². The second-order valence-electron chi connectivity index (χ2n) is 4.86. The van der Waals surface area contributed by atoms with Gasteiger partial charge in [0, 0.05) is 24.3 Å². The van der Waals surface area contributed by atoms with Gasteiger partial charge in [-0.2, -0.15) is 0 Å². The number of nitrogens with zero attached hydrogens (tertiary/aromatic N) is 1. The summed E-state index contributed by atoms with van der Waals surface area (Å²) in [5, 5.41) is 11.3. The lowest BCUT2D eigenvalue weighted by Gasteiger charge is -2.24. The zero-order valence-corrected chi connectivity index (χ0v) is 13.5. The molecule has 2 nitrogen and oxygen atoms in total. The van der Waals surface area contributed by atoms with E-state index in [0.29, 0.717) is 22.0 Å². The van der Waals surface area contributed by atoms with Crippen molar-refractivity contribution in [3.05, 3.63) is 64.1 Å². The zero-order chi connectivity index (χ0) is 15.2. The molecule has 0 radical (unpaired) electrons. The molecule has 0 spiro atoms. The highest BCUT2D eigenvalue weighted by Crippen LogP contribution is 2.31. The van der Waals surface area contributed by atoms with Gasteiger partial charge in [0.15, 0.2) is 0 Å². The highest BCUT2D eigenvalue weighted by atomic mass is 35.5. The number of aliphatic hydroxyl groups is 1. The summed E-state index contributed by atoms with van der Waals surface area (Å²) in [6, 6.07) is 15.5. The van der Waals surface area contributed by atoms with Crippen LogP contribution in [-0.4, -0.2) is 18.2 Å². The van der Waals surface area contributed by atoms with Gasteiger partial charge in [-0.1, -0.05) is 53.5 Å². The summed E-state index contributed by atoms with van der Waals surface area (Å²) in [6.07, 6.45) is -0.0167. The van der Waals surface area contributed by atoms with Gasteiger partial charge < -0.3 is 10.0 Å². The van der Waals surface area contributed by atoms with E-state index in [9.17, 15) is 5.11 Å². The summed E-state index contributed by atoms with van der Waals surface area (Å²) in [5.74, 6) is 0. The molecule has 0 saturated heterocycles. The van der Waals surface area contributed by atoms with Crippen LogP contribution in [0.3, 0.4) is 0 Å². The molecule has 1 atom stereocenters. The first-order chi connectivity index (χ1) is 10.1.